The molecule has 0 saturated heterocycles. The van der Waals surface area contributed by atoms with Crippen LogP contribution in [0.3, 0.4) is 0 Å². The molecule has 0 aliphatic carbocycles. The van der Waals surface area contributed by atoms with E-state index in [0.29, 0.717) is 12.8 Å². The molecule has 140 valence electrons. The Labute approximate surface area is 172 Å². The first-order chi connectivity index (χ1) is 10.9. The molecular formula is C18H37NaO4S. The minimum atomic E-state index is -4.12. The van der Waals surface area contributed by atoms with E-state index in [0.717, 1.165) is 51.4 Å². The summed E-state index contributed by atoms with van der Waals surface area (Å²) < 4.78 is 33.6. The molecule has 0 saturated carbocycles. The van der Waals surface area contributed by atoms with Crippen LogP contribution in [-0.2, 0) is 10.1 Å². The summed E-state index contributed by atoms with van der Waals surface area (Å²) in [7, 11) is -4.12. The number of aliphatic hydroxyl groups is 1. The van der Waals surface area contributed by atoms with Gasteiger partial charge in [0, 0.05) is 5.25 Å². The number of rotatable bonds is 16. The second-order valence-corrected chi connectivity index (χ2v) is 8.38. The molecule has 0 rings (SSSR count). The Kier molecular flexibility index (Phi) is 19.5. The maximum absolute atomic E-state index is 11.2. The normalized spacial score (nSPS) is 14.2. The molecule has 6 heteroatoms. The van der Waals surface area contributed by atoms with Crippen molar-refractivity contribution < 1.29 is 47.6 Å². The van der Waals surface area contributed by atoms with Crippen LogP contribution in [0, 0.1) is 0 Å². The van der Waals surface area contributed by atoms with E-state index in [1.54, 1.807) is 0 Å². The second kappa shape index (κ2) is 17.3. The van der Waals surface area contributed by atoms with Gasteiger partial charge in [0.25, 0.3) is 0 Å². The first-order valence-corrected chi connectivity index (χ1v) is 11.0. The van der Waals surface area contributed by atoms with Crippen LogP contribution in [0.1, 0.15) is 104 Å². The second-order valence-electron chi connectivity index (χ2n) is 6.72. The summed E-state index contributed by atoms with van der Waals surface area (Å²) in [5, 5.41) is 8.77. The molecule has 0 fully saturated rings. The molecule has 0 amide bonds. The maximum atomic E-state index is 11.2. The standard InChI is InChI=1S/C18H38O4S.Na/c1-3-5-15-18(23(20,21)22)16-13-11-9-7-6-8-10-12-14-17(19)4-2;/h17-19H,3-16H2,1-2H3,(H,20,21,22);/q;+1/p-1. The van der Waals surface area contributed by atoms with Crippen LogP contribution in [0.25, 0.3) is 0 Å². The Bertz CT molecular complexity index is 360. The van der Waals surface area contributed by atoms with Crippen LogP contribution in [-0.4, -0.2) is 29.4 Å². The van der Waals surface area contributed by atoms with Gasteiger partial charge in [-0.25, -0.2) is 8.42 Å². The van der Waals surface area contributed by atoms with Crippen LogP contribution in [0.2, 0.25) is 0 Å². The largest absolute Gasteiger partial charge is 1.00 e. The van der Waals surface area contributed by atoms with E-state index >= 15 is 0 Å². The Morgan fingerprint density at radius 2 is 1.21 bits per heavy atom. The van der Waals surface area contributed by atoms with Gasteiger partial charge in [0.2, 0.25) is 0 Å². The van der Waals surface area contributed by atoms with E-state index in [2.05, 4.69) is 0 Å². The first-order valence-electron chi connectivity index (χ1n) is 9.54. The van der Waals surface area contributed by atoms with Gasteiger partial charge >= 0.3 is 29.6 Å². The van der Waals surface area contributed by atoms with Gasteiger partial charge in [0.1, 0.15) is 0 Å². The molecule has 24 heavy (non-hydrogen) atoms. The SMILES string of the molecule is CCCCC(CCCCCCCCCCC(O)CC)S(=O)(=O)[O-].[Na+]. The average molecular weight is 373 g/mol. The fourth-order valence-electron chi connectivity index (χ4n) is 2.88. The van der Waals surface area contributed by atoms with E-state index in [1.165, 1.54) is 25.7 Å². The van der Waals surface area contributed by atoms with Crippen molar-refractivity contribution in [3.8, 4) is 0 Å². The number of unbranched alkanes of at least 4 members (excludes halogenated alkanes) is 8. The van der Waals surface area contributed by atoms with Crippen molar-refractivity contribution in [2.45, 2.75) is 115 Å². The van der Waals surface area contributed by atoms with Crippen molar-refractivity contribution in [2.24, 2.45) is 0 Å². The molecule has 1 N–H and O–H groups in total. The molecule has 0 bridgehead atoms. The molecule has 4 nitrogen and oxygen atoms in total. The van der Waals surface area contributed by atoms with Gasteiger partial charge in [-0.3, -0.25) is 0 Å². The van der Waals surface area contributed by atoms with Crippen molar-refractivity contribution in [3.63, 3.8) is 0 Å². The monoisotopic (exact) mass is 372 g/mol. The van der Waals surface area contributed by atoms with Gasteiger partial charge in [0.05, 0.1) is 16.2 Å². The van der Waals surface area contributed by atoms with E-state index in [-0.39, 0.29) is 35.7 Å². The zero-order valence-corrected chi connectivity index (χ0v) is 19.0. The summed E-state index contributed by atoms with van der Waals surface area (Å²) in [5.41, 5.74) is 0. The number of aliphatic hydroxyl groups excluding tert-OH is 1. The smallest absolute Gasteiger partial charge is 0.748 e. The average Bonchev–Trinajstić information content (AvgIpc) is 2.50. The van der Waals surface area contributed by atoms with Gasteiger partial charge in [-0.15, -0.1) is 0 Å². The topological polar surface area (TPSA) is 77.4 Å². The van der Waals surface area contributed by atoms with Crippen molar-refractivity contribution in [1.29, 1.82) is 0 Å². The summed E-state index contributed by atoms with van der Waals surface area (Å²) in [4.78, 5) is 0. The maximum Gasteiger partial charge on any atom is 1.00 e. The van der Waals surface area contributed by atoms with Gasteiger partial charge in [0.15, 0.2) is 0 Å². The Morgan fingerprint density at radius 1 is 0.792 bits per heavy atom. The summed E-state index contributed by atoms with van der Waals surface area (Å²) in [6, 6.07) is 0. The Balaban J connectivity index is 0. The zero-order chi connectivity index (χ0) is 17.6. The predicted octanol–water partition coefficient (Wildman–Crippen LogP) is 1.77. The summed E-state index contributed by atoms with van der Waals surface area (Å²) in [6.45, 7) is 4.02. The Hall–Kier alpha value is 0.870. The molecule has 0 aliphatic heterocycles. The first kappa shape index (κ1) is 27.1. The predicted molar refractivity (Wildman–Crippen MR) is 95.5 cm³/mol. The number of hydrogen-bond acceptors (Lipinski definition) is 4. The Morgan fingerprint density at radius 3 is 1.62 bits per heavy atom. The molecule has 0 radical (unpaired) electrons. The minimum absolute atomic E-state index is 0. The van der Waals surface area contributed by atoms with Crippen molar-refractivity contribution in [3.05, 3.63) is 0 Å². The van der Waals surface area contributed by atoms with Crippen molar-refractivity contribution in [1.82, 2.24) is 0 Å². The molecule has 0 aromatic rings. The third-order valence-electron chi connectivity index (χ3n) is 4.57. The zero-order valence-electron chi connectivity index (χ0n) is 16.1. The third kappa shape index (κ3) is 16.3. The third-order valence-corrected chi connectivity index (χ3v) is 5.86. The summed E-state index contributed by atoms with van der Waals surface area (Å²) in [6.07, 6.45) is 13.3. The van der Waals surface area contributed by atoms with E-state index < -0.39 is 15.4 Å². The van der Waals surface area contributed by atoms with Crippen LogP contribution >= 0.6 is 0 Å². The van der Waals surface area contributed by atoms with Crippen LogP contribution < -0.4 is 29.6 Å². The van der Waals surface area contributed by atoms with Gasteiger partial charge in [-0.05, 0) is 25.7 Å². The molecule has 2 atom stereocenters. The van der Waals surface area contributed by atoms with E-state index in [4.69, 9.17) is 0 Å². The molecule has 0 aliphatic rings. The molecular weight excluding hydrogens is 335 g/mol. The van der Waals surface area contributed by atoms with E-state index in [1.807, 2.05) is 13.8 Å². The summed E-state index contributed by atoms with van der Waals surface area (Å²) in [5.74, 6) is 0. The molecule has 0 aromatic carbocycles. The fourth-order valence-corrected chi connectivity index (χ4v) is 3.79. The molecule has 0 aromatic heterocycles. The van der Waals surface area contributed by atoms with Gasteiger partial charge in [-0.1, -0.05) is 78.1 Å². The van der Waals surface area contributed by atoms with E-state index in [9.17, 15) is 18.1 Å². The quantitative estimate of drug-likeness (QED) is 0.254. The van der Waals surface area contributed by atoms with Gasteiger partial charge < -0.3 is 9.66 Å². The van der Waals surface area contributed by atoms with Crippen LogP contribution in [0.15, 0.2) is 0 Å². The minimum Gasteiger partial charge on any atom is -0.748 e. The van der Waals surface area contributed by atoms with Crippen molar-refractivity contribution in [2.75, 3.05) is 0 Å². The molecule has 2 unspecified atom stereocenters. The van der Waals surface area contributed by atoms with Crippen LogP contribution in [0.5, 0.6) is 0 Å². The molecule has 0 spiro atoms. The summed E-state index contributed by atoms with van der Waals surface area (Å²) >= 11 is 0. The van der Waals surface area contributed by atoms with Crippen molar-refractivity contribution >= 4 is 10.1 Å². The molecule has 0 heterocycles. The van der Waals surface area contributed by atoms with Gasteiger partial charge in [-0.2, -0.15) is 0 Å². The van der Waals surface area contributed by atoms with Crippen LogP contribution in [0.4, 0.5) is 0 Å². The number of hydrogen-bond donors (Lipinski definition) is 1. The fraction of sp³-hybridized carbons (Fsp3) is 1.00.